The Hall–Kier alpha value is -1.22. The Kier molecular flexibility index (Phi) is 2.57. The number of rotatable bonds is 1. The molecule has 1 atom stereocenters. The first-order valence-electron chi connectivity index (χ1n) is 5.30. The molecule has 1 aromatic carbocycles. The fourth-order valence-electron chi connectivity index (χ4n) is 2.10. The first-order valence-corrected chi connectivity index (χ1v) is 5.30. The second-order valence-corrected chi connectivity index (χ2v) is 4.24. The fraction of sp³-hybridized carbons (Fsp3) is 0.500. The maximum Gasteiger partial charge on any atom is 0.145 e. The van der Waals surface area contributed by atoms with Gasteiger partial charge in [-0.1, -0.05) is 6.07 Å². The van der Waals surface area contributed by atoms with Crippen molar-refractivity contribution < 1.29 is 4.74 Å². The number of fused-ring (bicyclic) bond motifs is 1. The molecule has 3 nitrogen and oxygen atoms in total. The van der Waals surface area contributed by atoms with Crippen LogP contribution in [0.3, 0.4) is 0 Å². The number of nitrogens with two attached hydrogens (primary N) is 1. The smallest absolute Gasteiger partial charge is 0.145 e. The Balaban J connectivity index is 2.46. The van der Waals surface area contributed by atoms with E-state index >= 15 is 0 Å². The lowest BCUT2D eigenvalue weighted by molar-refractivity contribution is 0.267. The van der Waals surface area contributed by atoms with Gasteiger partial charge >= 0.3 is 0 Å². The van der Waals surface area contributed by atoms with E-state index in [2.05, 4.69) is 37.9 Å². The molecule has 0 amide bonds. The van der Waals surface area contributed by atoms with Crippen molar-refractivity contribution in [1.29, 1.82) is 0 Å². The summed E-state index contributed by atoms with van der Waals surface area (Å²) in [6.45, 7) is 5.50. The lowest BCUT2D eigenvalue weighted by Gasteiger charge is -2.36. The van der Waals surface area contributed by atoms with E-state index in [-0.39, 0.29) is 0 Å². The number of nitrogens with zero attached hydrogens (tertiary/aromatic N) is 1. The van der Waals surface area contributed by atoms with Crippen LogP contribution < -0.4 is 15.4 Å². The van der Waals surface area contributed by atoms with E-state index in [4.69, 9.17) is 10.5 Å². The molecule has 0 saturated heterocycles. The predicted octanol–water partition coefficient (Wildman–Crippen LogP) is 1.46. The van der Waals surface area contributed by atoms with E-state index in [0.29, 0.717) is 19.2 Å². The predicted molar refractivity (Wildman–Crippen MR) is 62.7 cm³/mol. The highest BCUT2D eigenvalue weighted by molar-refractivity contribution is 5.64. The van der Waals surface area contributed by atoms with Crippen LogP contribution in [0.2, 0.25) is 0 Å². The lowest BCUT2D eigenvalue weighted by Crippen LogP contribution is -2.45. The third kappa shape index (κ3) is 1.67. The Bertz CT molecular complexity index is 376. The fourth-order valence-corrected chi connectivity index (χ4v) is 2.10. The maximum absolute atomic E-state index is 5.76. The third-order valence-electron chi connectivity index (χ3n) is 3.02. The zero-order chi connectivity index (χ0) is 11.0. The van der Waals surface area contributed by atoms with Gasteiger partial charge in [0.2, 0.25) is 0 Å². The topological polar surface area (TPSA) is 38.5 Å². The molecule has 1 aliphatic heterocycles. The average molecular weight is 206 g/mol. The normalized spacial score (nSPS) is 19.7. The highest BCUT2D eigenvalue weighted by Crippen LogP contribution is 2.36. The first kappa shape index (κ1) is 10.3. The van der Waals surface area contributed by atoms with Gasteiger partial charge in [-0.15, -0.1) is 0 Å². The summed E-state index contributed by atoms with van der Waals surface area (Å²) in [7, 11) is 2.08. The van der Waals surface area contributed by atoms with Crippen LogP contribution in [-0.2, 0) is 0 Å². The molecule has 15 heavy (non-hydrogen) atoms. The monoisotopic (exact) mass is 206 g/mol. The number of anilines is 1. The van der Waals surface area contributed by atoms with Gasteiger partial charge in [0.25, 0.3) is 0 Å². The Labute approximate surface area is 90.8 Å². The average Bonchev–Trinajstić information content (AvgIpc) is 2.19. The highest BCUT2D eigenvalue weighted by Gasteiger charge is 2.24. The number of ether oxygens (including phenoxy) is 1. The summed E-state index contributed by atoms with van der Waals surface area (Å²) < 4.78 is 5.76. The van der Waals surface area contributed by atoms with Crippen molar-refractivity contribution in [2.75, 3.05) is 25.1 Å². The first-order chi connectivity index (χ1) is 7.13. The number of likely N-dealkylation sites (N-methyl/N-ethyl adjacent to an activating group) is 1. The molecule has 0 fully saturated rings. The summed E-state index contributed by atoms with van der Waals surface area (Å²) in [6.07, 6.45) is 0. The van der Waals surface area contributed by atoms with Crippen LogP contribution in [0.1, 0.15) is 11.1 Å². The van der Waals surface area contributed by atoms with Crippen molar-refractivity contribution in [3.63, 3.8) is 0 Å². The zero-order valence-corrected chi connectivity index (χ0v) is 9.58. The summed E-state index contributed by atoms with van der Waals surface area (Å²) >= 11 is 0. The Morgan fingerprint density at radius 1 is 1.47 bits per heavy atom. The molecule has 2 rings (SSSR count). The molecule has 0 saturated carbocycles. The van der Waals surface area contributed by atoms with E-state index < -0.39 is 0 Å². The summed E-state index contributed by atoms with van der Waals surface area (Å²) in [4.78, 5) is 2.22. The Morgan fingerprint density at radius 3 is 2.87 bits per heavy atom. The van der Waals surface area contributed by atoms with E-state index in [1.54, 1.807) is 0 Å². The summed E-state index contributed by atoms with van der Waals surface area (Å²) in [6, 6.07) is 4.60. The molecule has 0 bridgehead atoms. The second-order valence-electron chi connectivity index (χ2n) is 4.24. The van der Waals surface area contributed by atoms with Gasteiger partial charge in [-0.25, -0.2) is 0 Å². The molecule has 0 aromatic heterocycles. The Morgan fingerprint density at radius 2 is 2.20 bits per heavy atom. The molecule has 3 heteroatoms. The van der Waals surface area contributed by atoms with E-state index in [1.165, 1.54) is 11.1 Å². The zero-order valence-electron chi connectivity index (χ0n) is 9.58. The van der Waals surface area contributed by atoms with Crippen LogP contribution in [0.25, 0.3) is 0 Å². The van der Waals surface area contributed by atoms with Crippen LogP contribution in [0.15, 0.2) is 12.1 Å². The maximum atomic E-state index is 5.76. The van der Waals surface area contributed by atoms with E-state index in [9.17, 15) is 0 Å². The van der Waals surface area contributed by atoms with Crippen molar-refractivity contribution in [2.24, 2.45) is 5.73 Å². The van der Waals surface area contributed by atoms with Crippen LogP contribution in [0.4, 0.5) is 5.69 Å². The van der Waals surface area contributed by atoms with Gasteiger partial charge in [-0.2, -0.15) is 0 Å². The van der Waals surface area contributed by atoms with Gasteiger partial charge in [-0.05, 0) is 31.0 Å². The highest BCUT2D eigenvalue weighted by atomic mass is 16.5. The molecule has 82 valence electrons. The molecule has 1 unspecified atom stereocenters. The van der Waals surface area contributed by atoms with Crippen molar-refractivity contribution in [2.45, 2.75) is 19.9 Å². The van der Waals surface area contributed by atoms with Crippen molar-refractivity contribution in [3.05, 3.63) is 23.3 Å². The number of hydrogen-bond acceptors (Lipinski definition) is 3. The number of benzene rings is 1. The van der Waals surface area contributed by atoms with Crippen LogP contribution in [0.5, 0.6) is 5.75 Å². The molecule has 2 N–H and O–H groups in total. The van der Waals surface area contributed by atoms with Gasteiger partial charge in [0.15, 0.2) is 0 Å². The van der Waals surface area contributed by atoms with Crippen LogP contribution >= 0.6 is 0 Å². The number of aryl methyl sites for hydroxylation is 2. The van der Waals surface area contributed by atoms with Crippen LogP contribution in [-0.4, -0.2) is 26.2 Å². The van der Waals surface area contributed by atoms with Crippen molar-refractivity contribution >= 4 is 5.69 Å². The molecular formula is C12H18N2O. The molecule has 1 aliphatic rings. The van der Waals surface area contributed by atoms with Gasteiger partial charge in [-0.3, -0.25) is 0 Å². The van der Waals surface area contributed by atoms with Gasteiger partial charge < -0.3 is 15.4 Å². The van der Waals surface area contributed by atoms with E-state index in [0.717, 1.165) is 11.4 Å². The van der Waals surface area contributed by atoms with Crippen molar-refractivity contribution in [3.8, 4) is 5.75 Å². The standard InChI is InChI=1S/C12H18N2O/c1-8-4-9(2)12-11(5-8)14(3)10(6-13)7-15-12/h4-5,10H,6-7,13H2,1-3H3. The summed E-state index contributed by atoms with van der Waals surface area (Å²) in [5, 5.41) is 0. The molecule has 0 spiro atoms. The molecule has 0 radical (unpaired) electrons. The molecular weight excluding hydrogens is 188 g/mol. The van der Waals surface area contributed by atoms with Crippen molar-refractivity contribution in [1.82, 2.24) is 0 Å². The minimum absolute atomic E-state index is 0.290. The minimum atomic E-state index is 0.290. The molecule has 1 aromatic rings. The van der Waals surface area contributed by atoms with Crippen LogP contribution in [0, 0.1) is 13.8 Å². The summed E-state index contributed by atoms with van der Waals surface area (Å²) in [5.41, 5.74) is 9.33. The molecule has 1 heterocycles. The lowest BCUT2D eigenvalue weighted by atomic mass is 10.1. The van der Waals surface area contributed by atoms with E-state index in [1.807, 2.05) is 0 Å². The summed E-state index contributed by atoms with van der Waals surface area (Å²) in [5.74, 6) is 1.01. The third-order valence-corrected chi connectivity index (χ3v) is 3.02. The minimum Gasteiger partial charge on any atom is -0.489 e. The quantitative estimate of drug-likeness (QED) is 0.756. The van der Waals surface area contributed by atoms with Gasteiger partial charge in [0.05, 0.1) is 11.7 Å². The second kappa shape index (κ2) is 3.74. The SMILES string of the molecule is Cc1cc(C)c2c(c1)N(C)C(CN)CO2. The van der Waals surface area contributed by atoms with Gasteiger partial charge in [0.1, 0.15) is 12.4 Å². The largest absolute Gasteiger partial charge is 0.489 e. The van der Waals surface area contributed by atoms with Gasteiger partial charge in [0, 0.05) is 13.6 Å². The molecule has 0 aliphatic carbocycles. The number of hydrogen-bond donors (Lipinski definition) is 1.